The minimum atomic E-state index is -0.275. The van der Waals surface area contributed by atoms with Crippen LogP contribution >= 0.6 is 11.8 Å². The summed E-state index contributed by atoms with van der Waals surface area (Å²) in [5.74, 6) is -0.0931. The number of aliphatic imine (C=N–C) groups is 1. The van der Waals surface area contributed by atoms with Gasteiger partial charge in [0, 0.05) is 45.8 Å². The lowest BCUT2D eigenvalue weighted by Gasteiger charge is -2.31. The summed E-state index contributed by atoms with van der Waals surface area (Å²) in [4.78, 5) is 33.9. The number of unbranched alkanes of at least 4 members (excludes halogenated alkanes) is 1. The third-order valence-corrected chi connectivity index (χ3v) is 7.16. The zero-order valence-corrected chi connectivity index (χ0v) is 20.1. The van der Waals surface area contributed by atoms with Crippen molar-refractivity contribution in [3.05, 3.63) is 53.6 Å². The van der Waals surface area contributed by atoms with Crippen LogP contribution in [-0.2, 0) is 4.74 Å². The van der Waals surface area contributed by atoms with Gasteiger partial charge in [0.2, 0.25) is 0 Å². The first kappa shape index (κ1) is 23.4. The summed E-state index contributed by atoms with van der Waals surface area (Å²) in [5, 5.41) is 3.14. The monoisotopic (exact) mass is 465 g/mol. The molecule has 1 fully saturated rings. The summed E-state index contributed by atoms with van der Waals surface area (Å²) in [6, 6.07) is 14.2. The number of piperidine rings is 1. The maximum Gasteiger partial charge on any atom is 0.409 e. The number of carbonyl (C=O) groups excluding carboxylic acids is 2. The predicted molar refractivity (Wildman–Crippen MR) is 132 cm³/mol. The summed E-state index contributed by atoms with van der Waals surface area (Å²) in [6.07, 6.45) is 4.28. The van der Waals surface area contributed by atoms with Crippen molar-refractivity contribution >= 4 is 35.2 Å². The Morgan fingerprint density at radius 3 is 2.67 bits per heavy atom. The molecule has 0 aliphatic carbocycles. The highest BCUT2D eigenvalue weighted by Crippen LogP contribution is 2.41. The largest absolute Gasteiger partial charge is 0.450 e. The molecule has 174 valence electrons. The number of hydrogen-bond donors (Lipinski definition) is 1. The summed E-state index contributed by atoms with van der Waals surface area (Å²) >= 11 is 1.71. The molecular weight excluding hydrogens is 434 g/mol. The van der Waals surface area contributed by atoms with Crippen molar-refractivity contribution in [1.29, 1.82) is 0 Å². The second kappa shape index (κ2) is 10.9. The lowest BCUT2D eigenvalue weighted by Crippen LogP contribution is -2.46. The van der Waals surface area contributed by atoms with Gasteiger partial charge in [0.15, 0.2) is 0 Å². The summed E-state index contributed by atoms with van der Waals surface area (Å²) in [7, 11) is 0. The van der Waals surface area contributed by atoms with E-state index in [1.165, 1.54) is 10.5 Å². The quantitative estimate of drug-likeness (QED) is 0.584. The van der Waals surface area contributed by atoms with Crippen LogP contribution in [0, 0.1) is 0 Å². The van der Waals surface area contributed by atoms with E-state index in [2.05, 4.69) is 36.5 Å². The molecule has 2 amide bonds. The van der Waals surface area contributed by atoms with Crippen molar-refractivity contribution in [2.45, 2.75) is 61.8 Å². The molecule has 2 aromatic rings. The van der Waals surface area contributed by atoms with Crippen LogP contribution in [0.4, 0.5) is 10.5 Å². The lowest BCUT2D eigenvalue weighted by molar-refractivity contribution is 0.0860. The molecule has 2 aromatic carbocycles. The van der Waals surface area contributed by atoms with E-state index in [9.17, 15) is 9.59 Å². The van der Waals surface area contributed by atoms with Crippen LogP contribution < -0.4 is 5.32 Å². The Morgan fingerprint density at radius 1 is 1.12 bits per heavy atom. The Morgan fingerprint density at radius 2 is 1.91 bits per heavy atom. The van der Waals surface area contributed by atoms with Crippen LogP contribution in [-0.4, -0.2) is 48.4 Å². The number of ether oxygens (including phenoxy) is 1. The molecule has 7 heteroatoms. The van der Waals surface area contributed by atoms with Crippen LogP contribution in [0.15, 0.2) is 57.2 Å². The molecule has 1 N–H and O–H groups in total. The minimum Gasteiger partial charge on any atom is -0.450 e. The van der Waals surface area contributed by atoms with E-state index in [-0.39, 0.29) is 18.0 Å². The fraction of sp³-hybridized carbons (Fsp3) is 0.423. The molecular formula is C26H31N3O3S. The second-order valence-corrected chi connectivity index (χ2v) is 9.46. The van der Waals surface area contributed by atoms with Gasteiger partial charge in [-0.3, -0.25) is 9.79 Å². The zero-order valence-electron chi connectivity index (χ0n) is 19.3. The van der Waals surface area contributed by atoms with E-state index in [1.807, 2.05) is 18.2 Å². The number of amides is 2. The molecule has 2 aliphatic heterocycles. The van der Waals surface area contributed by atoms with Gasteiger partial charge in [-0.15, -0.1) is 0 Å². The Balaban J connectivity index is 1.48. The van der Waals surface area contributed by atoms with Crippen molar-refractivity contribution in [3.8, 4) is 0 Å². The molecule has 1 saturated heterocycles. The Bertz CT molecular complexity index is 1040. The average Bonchev–Trinajstić information content (AvgIpc) is 2.99. The molecule has 0 unspecified atom stereocenters. The Kier molecular flexibility index (Phi) is 7.70. The fourth-order valence-corrected chi connectivity index (χ4v) is 5.20. The van der Waals surface area contributed by atoms with E-state index < -0.39 is 0 Å². The molecule has 0 atom stereocenters. The normalized spacial score (nSPS) is 15.7. The highest BCUT2D eigenvalue weighted by atomic mass is 32.2. The standard InChI is InChI=1S/C26H31N3O3S/c1-3-5-9-21-20-8-6-7-10-23(20)33-24-12-11-18(17-22(24)28-21)25(30)27-19-13-15-29(16-14-19)26(31)32-4-2/h6-8,10-12,17,19H,3-5,9,13-16H2,1-2H3,(H,27,30). The SMILES string of the molecule is CCCCC1=Nc2cc(C(=O)NC3CCN(C(=O)OCC)CC3)ccc2Sc2ccccc21. The van der Waals surface area contributed by atoms with Crippen LogP contribution in [0.2, 0.25) is 0 Å². The van der Waals surface area contributed by atoms with Crippen molar-refractivity contribution < 1.29 is 14.3 Å². The van der Waals surface area contributed by atoms with E-state index in [1.54, 1.807) is 23.6 Å². The minimum absolute atomic E-state index is 0.0456. The van der Waals surface area contributed by atoms with Gasteiger partial charge >= 0.3 is 6.09 Å². The number of rotatable bonds is 6. The maximum absolute atomic E-state index is 13.0. The summed E-state index contributed by atoms with van der Waals surface area (Å²) in [5.41, 5.74) is 3.74. The number of nitrogens with zero attached hydrogens (tertiary/aromatic N) is 2. The number of benzene rings is 2. The van der Waals surface area contributed by atoms with Gasteiger partial charge in [0.25, 0.3) is 5.91 Å². The fourth-order valence-electron chi connectivity index (χ4n) is 4.18. The van der Waals surface area contributed by atoms with Gasteiger partial charge in [-0.1, -0.05) is 43.3 Å². The third-order valence-electron chi connectivity index (χ3n) is 6.02. The van der Waals surface area contributed by atoms with Gasteiger partial charge in [-0.25, -0.2) is 4.79 Å². The van der Waals surface area contributed by atoms with Crippen molar-refractivity contribution in [2.75, 3.05) is 19.7 Å². The number of nitrogens with one attached hydrogen (secondary N) is 1. The van der Waals surface area contributed by atoms with Crippen LogP contribution in [0.25, 0.3) is 0 Å². The predicted octanol–water partition coefficient (Wildman–Crippen LogP) is 5.81. The molecule has 2 heterocycles. The molecule has 33 heavy (non-hydrogen) atoms. The topological polar surface area (TPSA) is 71.0 Å². The van der Waals surface area contributed by atoms with Crippen LogP contribution in [0.5, 0.6) is 0 Å². The van der Waals surface area contributed by atoms with Gasteiger partial charge in [-0.05, 0) is 56.9 Å². The summed E-state index contributed by atoms with van der Waals surface area (Å²) < 4.78 is 5.07. The number of carbonyl (C=O) groups is 2. The zero-order chi connectivity index (χ0) is 23.2. The van der Waals surface area contributed by atoms with E-state index in [0.717, 1.165) is 48.4 Å². The lowest BCUT2D eigenvalue weighted by atomic mass is 10.0. The van der Waals surface area contributed by atoms with Crippen molar-refractivity contribution in [2.24, 2.45) is 4.99 Å². The average molecular weight is 466 g/mol. The third kappa shape index (κ3) is 5.58. The summed E-state index contributed by atoms with van der Waals surface area (Å²) in [6.45, 7) is 5.55. The Hall–Kier alpha value is -2.80. The van der Waals surface area contributed by atoms with Gasteiger partial charge in [0.05, 0.1) is 12.3 Å². The highest BCUT2D eigenvalue weighted by Gasteiger charge is 2.25. The first-order valence-electron chi connectivity index (χ1n) is 11.8. The van der Waals surface area contributed by atoms with E-state index >= 15 is 0 Å². The molecule has 0 bridgehead atoms. The molecule has 0 radical (unpaired) electrons. The second-order valence-electron chi connectivity index (χ2n) is 8.38. The van der Waals surface area contributed by atoms with Crippen LogP contribution in [0.1, 0.15) is 61.9 Å². The number of likely N-dealkylation sites (tertiary alicyclic amines) is 1. The first-order chi connectivity index (χ1) is 16.1. The molecule has 0 aromatic heterocycles. The molecule has 4 rings (SSSR count). The molecule has 6 nitrogen and oxygen atoms in total. The number of hydrogen-bond acceptors (Lipinski definition) is 5. The maximum atomic E-state index is 13.0. The molecule has 0 saturated carbocycles. The first-order valence-corrected chi connectivity index (χ1v) is 12.6. The van der Waals surface area contributed by atoms with Crippen molar-refractivity contribution in [1.82, 2.24) is 10.2 Å². The van der Waals surface area contributed by atoms with Crippen LogP contribution in [0.3, 0.4) is 0 Å². The molecule has 0 spiro atoms. The highest BCUT2D eigenvalue weighted by molar-refractivity contribution is 7.99. The van der Waals surface area contributed by atoms with E-state index in [0.29, 0.717) is 25.3 Å². The van der Waals surface area contributed by atoms with Gasteiger partial charge < -0.3 is 15.0 Å². The van der Waals surface area contributed by atoms with Gasteiger partial charge in [-0.2, -0.15) is 0 Å². The van der Waals surface area contributed by atoms with Crippen molar-refractivity contribution in [3.63, 3.8) is 0 Å². The molecule has 2 aliphatic rings. The van der Waals surface area contributed by atoms with E-state index in [4.69, 9.17) is 9.73 Å². The smallest absolute Gasteiger partial charge is 0.409 e. The van der Waals surface area contributed by atoms with Gasteiger partial charge in [0.1, 0.15) is 0 Å². The Labute approximate surface area is 199 Å². The number of fused-ring (bicyclic) bond motifs is 2.